The van der Waals surface area contributed by atoms with E-state index in [0.717, 1.165) is 36.5 Å². The third kappa shape index (κ3) is 2.26. The standard InChI is InChI=1S/C13H16N2O2/c1-9-15-12-6-11(2-3-13(12)17-9)16-8-10-4-5-14-7-10/h2-3,6,10,14H,4-5,7-8H2,1H3. The predicted octanol–water partition coefficient (Wildman–Crippen LogP) is 2.12. The van der Waals surface area contributed by atoms with Gasteiger partial charge >= 0.3 is 0 Å². The van der Waals surface area contributed by atoms with Crippen molar-refractivity contribution in [2.75, 3.05) is 19.7 Å². The van der Waals surface area contributed by atoms with Crippen LogP contribution in [0.2, 0.25) is 0 Å². The molecule has 0 aliphatic carbocycles. The number of benzene rings is 1. The van der Waals surface area contributed by atoms with E-state index >= 15 is 0 Å². The third-order valence-corrected chi connectivity index (χ3v) is 3.11. The van der Waals surface area contributed by atoms with Crippen LogP contribution in [0.5, 0.6) is 5.75 Å². The normalized spacial score (nSPS) is 19.9. The topological polar surface area (TPSA) is 47.3 Å². The van der Waals surface area contributed by atoms with Gasteiger partial charge in [0.15, 0.2) is 11.5 Å². The Bertz CT molecular complexity index is 515. The SMILES string of the molecule is Cc1nc2cc(OCC3CCNC3)ccc2o1. The quantitative estimate of drug-likeness (QED) is 0.880. The van der Waals surface area contributed by atoms with Crippen LogP contribution < -0.4 is 10.1 Å². The van der Waals surface area contributed by atoms with Crippen LogP contribution in [0, 0.1) is 12.8 Å². The molecule has 2 heterocycles. The number of nitrogens with zero attached hydrogens (tertiary/aromatic N) is 1. The van der Waals surface area contributed by atoms with Crippen LogP contribution in [0.15, 0.2) is 22.6 Å². The number of aryl methyl sites for hydroxylation is 1. The zero-order chi connectivity index (χ0) is 11.7. The molecular weight excluding hydrogens is 216 g/mol. The van der Waals surface area contributed by atoms with Crippen LogP contribution in [0.25, 0.3) is 11.1 Å². The summed E-state index contributed by atoms with van der Waals surface area (Å²) in [7, 11) is 0. The Balaban J connectivity index is 1.71. The second-order valence-electron chi connectivity index (χ2n) is 4.53. The molecule has 1 fully saturated rings. The maximum atomic E-state index is 5.79. The first kappa shape index (κ1) is 10.6. The maximum Gasteiger partial charge on any atom is 0.192 e. The minimum atomic E-state index is 0.629. The number of rotatable bonds is 3. The fraction of sp³-hybridized carbons (Fsp3) is 0.462. The highest BCUT2D eigenvalue weighted by atomic mass is 16.5. The molecule has 1 aliphatic rings. The van der Waals surface area contributed by atoms with Crippen molar-refractivity contribution in [2.24, 2.45) is 5.92 Å². The molecule has 17 heavy (non-hydrogen) atoms. The number of hydrogen-bond donors (Lipinski definition) is 1. The maximum absolute atomic E-state index is 5.79. The molecule has 4 heteroatoms. The lowest BCUT2D eigenvalue weighted by atomic mass is 10.1. The van der Waals surface area contributed by atoms with Gasteiger partial charge < -0.3 is 14.5 Å². The van der Waals surface area contributed by atoms with E-state index in [9.17, 15) is 0 Å². The molecule has 90 valence electrons. The van der Waals surface area contributed by atoms with Crippen LogP contribution in [0.1, 0.15) is 12.3 Å². The van der Waals surface area contributed by atoms with Crippen molar-refractivity contribution in [3.8, 4) is 5.75 Å². The van der Waals surface area contributed by atoms with Crippen LogP contribution >= 0.6 is 0 Å². The zero-order valence-corrected chi connectivity index (χ0v) is 9.90. The minimum absolute atomic E-state index is 0.629. The van der Waals surface area contributed by atoms with Gasteiger partial charge in [-0.3, -0.25) is 0 Å². The Morgan fingerprint density at radius 2 is 2.47 bits per heavy atom. The minimum Gasteiger partial charge on any atom is -0.493 e. The molecule has 0 saturated carbocycles. The third-order valence-electron chi connectivity index (χ3n) is 3.11. The van der Waals surface area contributed by atoms with E-state index in [1.807, 2.05) is 25.1 Å². The number of aromatic nitrogens is 1. The lowest BCUT2D eigenvalue weighted by Gasteiger charge is -2.10. The highest BCUT2D eigenvalue weighted by Crippen LogP contribution is 2.22. The van der Waals surface area contributed by atoms with Gasteiger partial charge in [-0.15, -0.1) is 0 Å². The molecule has 1 aromatic heterocycles. The molecule has 1 N–H and O–H groups in total. The number of oxazole rings is 1. The smallest absolute Gasteiger partial charge is 0.192 e. The highest BCUT2D eigenvalue weighted by molar-refractivity contribution is 5.74. The molecule has 0 amide bonds. The van der Waals surface area contributed by atoms with Crippen molar-refractivity contribution in [2.45, 2.75) is 13.3 Å². The van der Waals surface area contributed by atoms with Crippen molar-refractivity contribution in [1.82, 2.24) is 10.3 Å². The monoisotopic (exact) mass is 232 g/mol. The van der Waals surface area contributed by atoms with E-state index < -0.39 is 0 Å². The van der Waals surface area contributed by atoms with Gasteiger partial charge in [0.25, 0.3) is 0 Å². The van der Waals surface area contributed by atoms with Crippen molar-refractivity contribution < 1.29 is 9.15 Å². The highest BCUT2D eigenvalue weighted by Gasteiger charge is 2.15. The second-order valence-corrected chi connectivity index (χ2v) is 4.53. The fourth-order valence-corrected chi connectivity index (χ4v) is 2.18. The van der Waals surface area contributed by atoms with E-state index in [2.05, 4.69) is 10.3 Å². The molecular formula is C13H16N2O2. The molecule has 2 aromatic rings. The lowest BCUT2D eigenvalue weighted by Crippen LogP contribution is -2.15. The Labute approximate surface area is 100.0 Å². The van der Waals surface area contributed by atoms with Gasteiger partial charge in [-0.1, -0.05) is 0 Å². The molecule has 1 atom stereocenters. The summed E-state index contributed by atoms with van der Waals surface area (Å²) in [5.41, 5.74) is 1.68. The van der Waals surface area contributed by atoms with Crippen molar-refractivity contribution in [3.63, 3.8) is 0 Å². The lowest BCUT2D eigenvalue weighted by molar-refractivity contribution is 0.260. The number of nitrogens with one attached hydrogen (secondary N) is 1. The van der Waals surface area contributed by atoms with E-state index in [1.54, 1.807) is 0 Å². The molecule has 1 aromatic carbocycles. The van der Waals surface area contributed by atoms with E-state index in [1.165, 1.54) is 6.42 Å². The average Bonchev–Trinajstić information content (AvgIpc) is 2.92. The van der Waals surface area contributed by atoms with Crippen LogP contribution in [-0.2, 0) is 0 Å². The van der Waals surface area contributed by atoms with Gasteiger partial charge in [0.05, 0.1) is 6.61 Å². The molecule has 3 rings (SSSR count). The van der Waals surface area contributed by atoms with E-state index in [-0.39, 0.29) is 0 Å². The van der Waals surface area contributed by atoms with Crippen LogP contribution in [-0.4, -0.2) is 24.7 Å². The largest absolute Gasteiger partial charge is 0.493 e. The van der Waals surface area contributed by atoms with Gasteiger partial charge in [0.1, 0.15) is 11.3 Å². The van der Waals surface area contributed by atoms with Crippen molar-refractivity contribution in [3.05, 3.63) is 24.1 Å². The summed E-state index contributed by atoms with van der Waals surface area (Å²) in [5.74, 6) is 2.19. The molecule has 4 nitrogen and oxygen atoms in total. The molecule has 0 radical (unpaired) electrons. The summed E-state index contributed by atoms with van der Waals surface area (Å²) in [4.78, 5) is 4.29. The number of fused-ring (bicyclic) bond motifs is 1. The summed E-state index contributed by atoms with van der Waals surface area (Å²) < 4.78 is 11.2. The average molecular weight is 232 g/mol. The molecule has 1 aliphatic heterocycles. The van der Waals surface area contributed by atoms with Gasteiger partial charge in [-0.2, -0.15) is 0 Å². The molecule has 1 unspecified atom stereocenters. The van der Waals surface area contributed by atoms with Crippen molar-refractivity contribution in [1.29, 1.82) is 0 Å². The summed E-state index contributed by atoms with van der Waals surface area (Å²) in [6, 6.07) is 5.79. The Hall–Kier alpha value is -1.55. The first-order valence-corrected chi connectivity index (χ1v) is 6.02. The summed E-state index contributed by atoms with van der Waals surface area (Å²) in [6.45, 7) is 4.79. The molecule has 1 saturated heterocycles. The first-order valence-electron chi connectivity index (χ1n) is 6.02. The van der Waals surface area contributed by atoms with Gasteiger partial charge in [-0.05, 0) is 25.1 Å². The number of ether oxygens (including phenoxy) is 1. The van der Waals surface area contributed by atoms with E-state index in [4.69, 9.17) is 9.15 Å². The zero-order valence-electron chi connectivity index (χ0n) is 9.90. The fourth-order valence-electron chi connectivity index (χ4n) is 2.18. The summed E-state index contributed by atoms with van der Waals surface area (Å²) in [5, 5.41) is 3.33. The van der Waals surface area contributed by atoms with E-state index in [0.29, 0.717) is 11.8 Å². The summed E-state index contributed by atoms with van der Waals surface area (Å²) >= 11 is 0. The van der Waals surface area contributed by atoms with Crippen LogP contribution in [0.3, 0.4) is 0 Å². The van der Waals surface area contributed by atoms with Gasteiger partial charge in [0, 0.05) is 25.5 Å². The molecule has 0 bridgehead atoms. The van der Waals surface area contributed by atoms with Gasteiger partial charge in [0.2, 0.25) is 0 Å². The molecule has 0 spiro atoms. The van der Waals surface area contributed by atoms with Crippen molar-refractivity contribution >= 4 is 11.1 Å². The first-order chi connectivity index (χ1) is 8.31. The summed E-state index contributed by atoms with van der Waals surface area (Å²) in [6.07, 6.45) is 1.20. The predicted molar refractivity (Wildman–Crippen MR) is 65.2 cm³/mol. The van der Waals surface area contributed by atoms with Crippen LogP contribution in [0.4, 0.5) is 0 Å². The second kappa shape index (κ2) is 4.37. The number of hydrogen-bond acceptors (Lipinski definition) is 4. The Kier molecular flexibility index (Phi) is 2.73. The van der Waals surface area contributed by atoms with Gasteiger partial charge in [-0.25, -0.2) is 4.98 Å². The Morgan fingerprint density at radius 3 is 3.29 bits per heavy atom. The Morgan fingerprint density at radius 1 is 1.53 bits per heavy atom.